The second kappa shape index (κ2) is 5.65. The third-order valence-electron chi connectivity index (χ3n) is 3.11. The number of thiazole rings is 1. The Morgan fingerprint density at radius 3 is 2.71 bits per heavy atom. The fraction of sp³-hybridized carbons (Fsp3) is 0.231. The molecular weight excluding hydrogens is 355 g/mol. The number of nitrogens with zero attached hydrogens (tertiary/aromatic N) is 1. The van der Waals surface area contributed by atoms with E-state index in [9.17, 15) is 9.90 Å². The standard InChI is InChI=1S/C13H9Cl3N2O2S/c14-6-3-7(15)11(19)9(10(6)16)12(20)18-13-17-8(4-21-13)5-1-2-5/h3-5,19H,1-2H2,(H,17,18,20). The fourth-order valence-corrected chi connectivity index (χ4v) is 3.34. The Morgan fingerprint density at radius 1 is 1.33 bits per heavy atom. The van der Waals surface area contributed by atoms with Gasteiger partial charge in [-0.15, -0.1) is 11.3 Å². The number of rotatable bonds is 3. The Bertz CT molecular complexity index is 702. The van der Waals surface area contributed by atoms with Crippen LogP contribution < -0.4 is 5.32 Å². The van der Waals surface area contributed by atoms with Crippen LogP contribution in [0.15, 0.2) is 11.4 Å². The number of carbonyl (C=O) groups is 1. The molecule has 110 valence electrons. The highest BCUT2D eigenvalue weighted by molar-refractivity contribution is 7.14. The number of carbonyl (C=O) groups excluding carboxylic acids is 1. The first-order valence-electron chi connectivity index (χ1n) is 6.10. The molecule has 1 aromatic carbocycles. The van der Waals surface area contributed by atoms with Gasteiger partial charge in [-0.2, -0.15) is 0 Å². The van der Waals surface area contributed by atoms with E-state index < -0.39 is 11.7 Å². The molecule has 0 unspecified atom stereocenters. The van der Waals surface area contributed by atoms with Crippen LogP contribution in [-0.2, 0) is 0 Å². The van der Waals surface area contributed by atoms with E-state index in [-0.39, 0.29) is 20.6 Å². The Balaban J connectivity index is 1.87. The Labute approximate surface area is 139 Å². The second-order valence-electron chi connectivity index (χ2n) is 4.68. The minimum absolute atomic E-state index is 0.0349. The Hall–Kier alpha value is -1.01. The van der Waals surface area contributed by atoms with Crippen LogP contribution in [0.2, 0.25) is 15.1 Å². The lowest BCUT2D eigenvalue weighted by Gasteiger charge is -2.09. The van der Waals surface area contributed by atoms with Gasteiger partial charge in [0.25, 0.3) is 5.91 Å². The molecule has 0 spiro atoms. The molecule has 3 rings (SSSR count). The predicted molar refractivity (Wildman–Crippen MR) is 85.2 cm³/mol. The number of aromatic hydroxyl groups is 1. The number of hydrogen-bond acceptors (Lipinski definition) is 4. The number of phenolic OH excluding ortho intramolecular Hbond substituents is 1. The zero-order valence-electron chi connectivity index (χ0n) is 10.5. The van der Waals surface area contributed by atoms with E-state index in [1.165, 1.54) is 17.4 Å². The molecule has 1 amide bonds. The van der Waals surface area contributed by atoms with Gasteiger partial charge in [-0.1, -0.05) is 34.8 Å². The van der Waals surface area contributed by atoms with Crippen LogP contribution in [-0.4, -0.2) is 16.0 Å². The number of aromatic nitrogens is 1. The highest BCUT2D eigenvalue weighted by Gasteiger charge is 2.27. The van der Waals surface area contributed by atoms with Crippen LogP contribution in [0.3, 0.4) is 0 Å². The molecule has 1 aliphatic rings. The third kappa shape index (κ3) is 2.97. The SMILES string of the molecule is O=C(Nc1nc(C2CC2)cs1)c1c(O)c(Cl)cc(Cl)c1Cl. The van der Waals surface area contributed by atoms with Crippen molar-refractivity contribution in [1.29, 1.82) is 0 Å². The van der Waals surface area contributed by atoms with Crippen molar-refractivity contribution in [2.24, 2.45) is 0 Å². The van der Waals surface area contributed by atoms with E-state index in [2.05, 4.69) is 10.3 Å². The molecule has 0 atom stereocenters. The summed E-state index contributed by atoms with van der Waals surface area (Å²) < 4.78 is 0. The van der Waals surface area contributed by atoms with Gasteiger partial charge in [0.1, 0.15) is 11.3 Å². The molecule has 0 aliphatic heterocycles. The monoisotopic (exact) mass is 362 g/mol. The molecule has 21 heavy (non-hydrogen) atoms. The van der Waals surface area contributed by atoms with E-state index >= 15 is 0 Å². The molecule has 0 radical (unpaired) electrons. The van der Waals surface area contributed by atoms with Crippen LogP contribution in [0.5, 0.6) is 5.75 Å². The number of anilines is 1. The van der Waals surface area contributed by atoms with Crippen LogP contribution in [0.25, 0.3) is 0 Å². The summed E-state index contributed by atoms with van der Waals surface area (Å²) in [5, 5.41) is 14.9. The fourth-order valence-electron chi connectivity index (χ4n) is 1.86. The van der Waals surface area contributed by atoms with Gasteiger partial charge < -0.3 is 5.11 Å². The van der Waals surface area contributed by atoms with Crippen molar-refractivity contribution >= 4 is 57.2 Å². The number of hydrogen-bond donors (Lipinski definition) is 2. The first-order valence-corrected chi connectivity index (χ1v) is 8.12. The summed E-state index contributed by atoms with van der Waals surface area (Å²) in [6, 6.07) is 1.28. The number of nitrogens with one attached hydrogen (secondary N) is 1. The summed E-state index contributed by atoms with van der Waals surface area (Å²) in [6.45, 7) is 0. The van der Waals surface area contributed by atoms with Crippen molar-refractivity contribution in [1.82, 2.24) is 4.98 Å². The lowest BCUT2D eigenvalue weighted by atomic mass is 10.2. The van der Waals surface area contributed by atoms with Gasteiger partial charge in [0, 0.05) is 11.3 Å². The first-order chi connectivity index (χ1) is 9.97. The summed E-state index contributed by atoms with van der Waals surface area (Å²) >= 11 is 19.0. The molecular formula is C13H9Cl3N2O2S. The molecule has 0 bridgehead atoms. The Morgan fingerprint density at radius 2 is 2.05 bits per heavy atom. The zero-order valence-corrected chi connectivity index (χ0v) is 13.6. The number of amides is 1. The quantitative estimate of drug-likeness (QED) is 0.759. The summed E-state index contributed by atoms with van der Waals surface area (Å²) in [5.41, 5.74) is 0.826. The summed E-state index contributed by atoms with van der Waals surface area (Å²) in [7, 11) is 0. The molecule has 1 aliphatic carbocycles. The molecule has 2 aromatic rings. The van der Waals surface area contributed by atoms with Gasteiger partial charge in [0.2, 0.25) is 0 Å². The Kier molecular flexibility index (Phi) is 4.01. The van der Waals surface area contributed by atoms with Gasteiger partial charge in [-0.05, 0) is 18.9 Å². The molecule has 8 heteroatoms. The van der Waals surface area contributed by atoms with E-state index in [0.717, 1.165) is 18.5 Å². The molecule has 4 nitrogen and oxygen atoms in total. The van der Waals surface area contributed by atoms with Gasteiger partial charge in [-0.3, -0.25) is 10.1 Å². The van der Waals surface area contributed by atoms with Gasteiger partial charge in [-0.25, -0.2) is 4.98 Å². The predicted octanol–water partition coefficient (Wildman–Crippen LogP) is 4.94. The van der Waals surface area contributed by atoms with Crippen LogP contribution in [0.1, 0.15) is 34.8 Å². The number of phenols is 1. The molecule has 1 saturated carbocycles. The molecule has 1 fully saturated rings. The van der Waals surface area contributed by atoms with Crippen molar-refractivity contribution in [2.45, 2.75) is 18.8 Å². The maximum Gasteiger partial charge on any atom is 0.262 e. The van der Waals surface area contributed by atoms with Crippen molar-refractivity contribution in [3.8, 4) is 5.75 Å². The maximum atomic E-state index is 12.2. The molecule has 2 N–H and O–H groups in total. The van der Waals surface area contributed by atoms with E-state index in [0.29, 0.717) is 11.0 Å². The second-order valence-corrected chi connectivity index (χ2v) is 6.73. The van der Waals surface area contributed by atoms with Crippen LogP contribution in [0.4, 0.5) is 5.13 Å². The van der Waals surface area contributed by atoms with E-state index in [1.54, 1.807) is 0 Å². The number of halogens is 3. The molecule has 1 aromatic heterocycles. The van der Waals surface area contributed by atoms with Crippen molar-refractivity contribution < 1.29 is 9.90 Å². The largest absolute Gasteiger partial charge is 0.505 e. The minimum atomic E-state index is -0.599. The van der Waals surface area contributed by atoms with Gasteiger partial charge in [0.05, 0.1) is 20.8 Å². The highest BCUT2D eigenvalue weighted by atomic mass is 35.5. The summed E-state index contributed by atoms with van der Waals surface area (Å²) in [4.78, 5) is 16.6. The lowest BCUT2D eigenvalue weighted by molar-refractivity contribution is 0.102. The smallest absolute Gasteiger partial charge is 0.262 e. The zero-order chi connectivity index (χ0) is 15.1. The van der Waals surface area contributed by atoms with E-state index in [1.807, 2.05) is 5.38 Å². The molecule has 0 saturated heterocycles. The minimum Gasteiger partial charge on any atom is -0.505 e. The van der Waals surface area contributed by atoms with Crippen molar-refractivity contribution in [3.63, 3.8) is 0 Å². The van der Waals surface area contributed by atoms with Gasteiger partial charge >= 0.3 is 0 Å². The van der Waals surface area contributed by atoms with Crippen molar-refractivity contribution in [3.05, 3.63) is 37.8 Å². The molecule has 1 heterocycles. The van der Waals surface area contributed by atoms with Crippen LogP contribution >= 0.6 is 46.1 Å². The lowest BCUT2D eigenvalue weighted by Crippen LogP contribution is -2.13. The normalized spacial score (nSPS) is 14.2. The van der Waals surface area contributed by atoms with E-state index in [4.69, 9.17) is 34.8 Å². The van der Waals surface area contributed by atoms with Crippen molar-refractivity contribution in [2.75, 3.05) is 5.32 Å². The average Bonchev–Trinajstić information content (AvgIpc) is 3.18. The average molecular weight is 364 g/mol. The first kappa shape index (κ1) is 14.9. The summed E-state index contributed by atoms with van der Waals surface area (Å²) in [5.74, 6) is -0.495. The topological polar surface area (TPSA) is 62.2 Å². The number of benzene rings is 1. The van der Waals surface area contributed by atoms with Crippen LogP contribution in [0, 0.1) is 0 Å². The highest BCUT2D eigenvalue weighted by Crippen LogP contribution is 2.41. The van der Waals surface area contributed by atoms with Gasteiger partial charge in [0.15, 0.2) is 5.13 Å². The summed E-state index contributed by atoms with van der Waals surface area (Å²) in [6.07, 6.45) is 2.27. The maximum absolute atomic E-state index is 12.2. The third-order valence-corrected chi connectivity index (χ3v) is 4.96.